The molecule has 6 heteroatoms. The molecule has 0 fully saturated rings. The number of anilines is 1. The number of hydrogen-bond acceptors (Lipinski definition) is 5. The first kappa shape index (κ1) is 18.2. The maximum atomic E-state index is 11.5. The van der Waals surface area contributed by atoms with Gasteiger partial charge in [0.1, 0.15) is 0 Å². The molecule has 0 aliphatic carbocycles. The van der Waals surface area contributed by atoms with Gasteiger partial charge in [-0.1, -0.05) is 48.2 Å². The van der Waals surface area contributed by atoms with E-state index >= 15 is 0 Å². The van der Waals surface area contributed by atoms with Crippen molar-refractivity contribution in [2.75, 3.05) is 18.2 Å². The zero-order valence-electron chi connectivity index (χ0n) is 15.0. The standard InChI is InChI=1S/C20H21N3O2S/c1-13(2)21-20(26-12-18(24)25-3)23-19-14-8-4-6-10-16(14)22-17-11-7-5-9-15(17)19/h4-11,13H,12H2,1-3H3,(H,21,22,23). The summed E-state index contributed by atoms with van der Waals surface area (Å²) in [7, 11) is 1.39. The van der Waals surface area contributed by atoms with E-state index in [-0.39, 0.29) is 17.8 Å². The van der Waals surface area contributed by atoms with Crippen LogP contribution in [-0.4, -0.2) is 35.0 Å². The number of methoxy groups -OCH3 is 1. The number of amidine groups is 1. The lowest BCUT2D eigenvalue weighted by Crippen LogP contribution is -2.15. The first-order valence-electron chi connectivity index (χ1n) is 8.40. The molecule has 0 saturated carbocycles. The summed E-state index contributed by atoms with van der Waals surface area (Å²) in [5.41, 5.74) is 2.77. The van der Waals surface area contributed by atoms with Gasteiger partial charge in [-0.05, 0) is 26.0 Å². The Morgan fingerprint density at radius 1 is 1.12 bits per heavy atom. The number of fused-ring (bicyclic) bond motifs is 2. The van der Waals surface area contributed by atoms with Crippen LogP contribution in [0.4, 0.5) is 5.69 Å². The summed E-state index contributed by atoms with van der Waals surface area (Å²) < 4.78 is 4.74. The second-order valence-corrected chi connectivity index (χ2v) is 7.00. The number of nitrogens with one attached hydrogen (secondary N) is 1. The van der Waals surface area contributed by atoms with Gasteiger partial charge in [0, 0.05) is 16.8 Å². The SMILES string of the molecule is COC(=O)CSC(=NC(C)C)Nc1c2ccccc2nc2ccccc12. The summed E-state index contributed by atoms with van der Waals surface area (Å²) >= 11 is 1.34. The van der Waals surface area contributed by atoms with Crippen molar-refractivity contribution in [1.29, 1.82) is 0 Å². The smallest absolute Gasteiger partial charge is 0.316 e. The number of rotatable bonds is 4. The molecule has 3 rings (SSSR count). The molecule has 5 nitrogen and oxygen atoms in total. The van der Waals surface area contributed by atoms with Crippen molar-refractivity contribution in [3.8, 4) is 0 Å². The van der Waals surface area contributed by atoms with E-state index in [0.29, 0.717) is 5.17 Å². The number of hydrogen-bond donors (Lipinski definition) is 1. The molecular formula is C20H21N3O2S. The molecule has 0 amide bonds. The summed E-state index contributed by atoms with van der Waals surface area (Å²) in [6.07, 6.45) is 0. The van der Waals surface area contributed by atoms with Gasteiger partial charge in [0.25, 0.3) is 0 Å². The first-order chi connectivity index (χ1) is 12.6. The minimum absolute atomic E-state index is 0.0991. The highest BCUT2D eigenvalue weighted by Gasteiger charge is 2.13. The number of carbonyl (C=O) groups excluding carboxylic acids is 1. The van der Waals surface area contributed by atoms with Gasteiger partial charge in [0.15, 0.2) is 5.17 Å². The average molecular weight is 367 g/mol. The molecule has 1 N–H and O–H groups in total. The fourth-order valence-electron chi connectivity index (χ4n) is 2.61. The molecule has 0 radical (unpaired) electrons. The lowest BCUT2D eigenvalue weighted by Gasteiger charge is -2.15. The Morgan fingerprint density at radius 3 is 2.23 bits per heavy atom. The van der Waals surface area contributed by atoms with E-state index in [0.717, 1.165) is 27.5 Å². The van der Waals surface area contributed by atoms with Crippen LogP contribution in [0.3, 0.4) is 0 Å². The van der Waals surface area contributed by atoms with Gasteiger partial charge in [-0.2, -0.15) is 0 Å². The molecule has 26 heavy (non-hydrogen) atoms. The van der Waals surface area contributed by atoms with Crippen LogP contribution in [0.15, 0.2) is 53.5 Å². The molecule has 0 unspecified atom stereocenters. The number of pyridine rings is 1. The number of aromatic nitrogens is 1. The van der Waals surface area contributed by atoms with E-state index in [9.17, 15) is 4.79 Å². The minimum atomic E-state index is -0.280. The summed E-state index contributed by atoms with van der Waals surface area (Å²) in [4.78, 5) is 20.9. The molecule has 0 atom stereocenters. The molecule has 0 spiro atoms. The highest BCUT2D eigenvalue weighted by molar-refractivity contribution is 8.14. The average Bonchev–Trinajstić information content (AvgIpc) is 2.65. The van der Waals surface area contributed by atoms with Gasteiger partial charge in [0.05, 0.1) is 29.6 Å². The predicted molar refractivity (Wildman–Crippen MR) is 110 cm³/mol. The van der Waals surface area contributed by atoms with Crippen LogP contribution in [0.5, 0.6) is 0 Å². The van der Waals surface area contributed by atoms with Crippen molar-refractivity contribution in [2.45, 2.75) is 19.9 Å². The molecule has 0 saturated heterocycles. The van der Waals surface area contributed by atoms with Crippen LogP contribution >= 0.6 is 11.8 Å². The van der Waals surface area contributed by atoms with Gasteiger partial charge >= 0.3 is 5.97 Å². The van der Waals surface area contributed by atoms with Crippen molar-refractivity contribution in [1.82, 2.24) is 4.98 Å². The lowest BCUT2D eigenvalue weighted by molar-refractivity contribution is -0.137. The van der Waals surface area contributed by atoms with Crippen LogP contribution in [0, 0.1) is 0 Å². The molecular weight excluding hydrogens is 346 g/mol. The highest BCUT2D eigenvalue weighted by atomic mass is 32.2. The molecule has 1 heterocycles. The third kappa shape index (κ3) is 4.14. The number of aliphatic imine (C=N–C) groups is 1. The van der Waals surface area contributed by atoms with Gasteiger partial charge in [-0.25, -0.2) is 4.98 Å². The molecule has 3 aromatic rings. The fourth-order valence-corrected chi connectivity index (χ4v) is 3.44. The van der Waals surface area contributed by atoms with Gasteiger partial charge < -0.3 is 10.1 Å². The van der Waals surface area contributed by atoms with Gasteiger partial charge in [0.2, 0.25) is 0 Å². The Hall–Kier alpha value is -2.60. The second-order valence-electron chi connectivity index (χ2n) is 6.04. The Labute approximate surface area is 156 Å². The Bertz CT molecular complexity index is 916. The van der Waals surface area contributed by atoms with Crippen molar-refractivity contribution < 1.29 is 9.53 Å². The summed E-state index contributed by atoms with van der Waals surface area (Å²) in [5.74, 6) is -0.0755. The van der Waals surface area contributed by atoms with Crippen molar-refractivity contribution >= 4 is 50.4 Å². The number of benzene rings is 2. The molecule has 0 bridgehead atoms. The molecule has 2 aromatic carbocycles. The third-order valence-electron chi connectivity index (χ3n) is 3.75. The van der Waals surface area contributed by atoms with Crippen LogP contribution in [0.25, 0.3) is 21.8 Å². The Balaban J connectivity index is 2.07. The topological polar surface area (TPSA) is 63.6 Å². The summed E-state index contributed by atoms with van der Waals surface area (Å²) in [5, 5.41) is 6.16. The van der Waals surface area contributed by atoms with E-state index in [4.69, 9.17) is 9.72 Å². The van der Waals surface area contributed by atoms with E-state index in [1.807, 2.05) is 62.4 Å². The van der Waals surface area contributed by atoms with Crippen LogP contribution in [-0.2, 0) is 9.53 Å². The van der Waals surface area contributed by atoms with Crippen LogP contribution in [0.2, 0.25) is 0 Å². The summed E-state index contributed by atoms with van der Waals surface area (Å²) in [6, 6.07) is 16.1. The Morgan fingerprint density at radius 2 is 1.69 bits per heavy atom. The first-order valence-corrected chi connectivity index (χ1v) is 9.39. The fraction of sp³-hybridized carbons (Fsp3) is 0.250. The number of carbonyl (C=O) groups is 1. The summed E-state index contributed by atoms with van der Waals surface area (Å²) in [6.45, 7) is 4.01. The molecule has 0 aliphatic heterocycles. The predicted octanol–water partition coefficient (Wildman–Crippen LogP) is 4.47. The third-order valence-corrected chi connectivity index (χ3v) is 4.61. The van der Waals surface area contributed by atoms with Crippen LogP contribution < -0.4 is 5.32 Å². The number of thioether (sulfide) groups is 1. The zero-order valence-corrected chi connectivity index (χ0v) is 15.8. The van der Waals surface area contributed by atoms with Gasteiger partial charge in [-0.3, -0.25) is 9.79 Å². The Kier molecular flexibility index (Phi) is 5.73. The zero-order chi connectivity index (χ0) is 18.5. The number of nitrogens with zero attached hydrogens (tertiary/aromatic N) is 2. The van der Waals surface area contributed by atoms with E-state index in [1.165, 1.54) is 18.9 Å². The minimum Gasteiger partial charge on any atom is -0.468 e. The number of para-hydroxylation sites is 2. The maximum absolute atomic E-state index is 11.5. The second kappa shape index (κ2) is 8.19. The van der Waals surface area contributed by atoms with E-state index in [2.05, 4.69) is 10.3 Å². The largest absolute Gasteiger partial charge is 0.468 e. The van der Waals surface area contributed by atoms with Crippen molar-refractivity contribution in [2.24, 2.45) is 4.99 Å². The van der Waals surface area contributed by atoms with E-state index < -0.39 is 0 Å². The normalized spacial score (nSPS) is 11.9. The highest BCUT2D eigenvalue weighted by Crippen LogP contribution is 2.31. The molecule has 134 valence electrons. The molecule has 1 aromatic heterocycles. The number of esters is 1. The molecule has 0 aliphatic rings. The van der Waals surface area contributed by atoms with Gasteiger partial charge in [-0.15, -0.1) is 0 Å². The van der Waals surface area contributed by atoms with Crippen molar-refractivity contribution in [3.63, 3.8) is 0 Å². The monoisotopic (exact) mass is 367 g/mol. The van der Waals surface area contributed by atoms with Crippen molar-refractivity contribution in [3.05, 3.63) is 48.5 Å². The van der Waals surface area contributed by atoms with E-state index in [1.54, 1.807) is 0 Å². The lowest BCUT2D eigenvalue weighted by atomic mass is 10.1. The maximum Gasteiger partial charge on any atom is 0.316 e. The quantitative estimate of drug-likeness (QED) is 0.319. The number of ether oxygens (including phenoxy) is 1. The van der Waals surface area contributed by atoms with Crippen LogP contribution in [0.1, 0.15) is 13.8 Å².